The number of carbonyl (C=O) groups is 1. The highest BCUT2D eigenvalue weighted by molar-refractivity contribution is 5.75. The van der Waals surface area contributed by atoms with Crippen molar-refractivity contribution in [3.05, 3.63) is 0 Å². The molecule has 12 heavy (non-hydrogen) atoms. The zero-order valence-electron chi connectivity index (χ0n) is 6.85. The maximum Gasteiger partial charge on any atom is 0.335 e. The van der Waals surface area contributed by atoms with E-state index in [9.17, 15) is 9.90 Å². The SMILES string of the molecule is CC1(C)C(O)[C@@]1(O)[C@@H](O)C(=O)O. The van der Waals surface area contributed by atoms with Crippen LogP contribution in [0.4, 0.5) is 0 Å². The van der Waals surface area contributed by atoms with Crippen LogP contribution in [0.1, 0.15) is 13.8 Å². The number of hydrogen-bond acceptors (Lipinski definition) is 4. The molecule has 0 radical (unpaired) electrons. The van der Waals surface area contributed by atoms with Gasteiger partial charge >= 0.3 is 5.97 Å². The first-order chi connectivity index (χ1) is 5.26. The van der Waals surface area contributed by atoms with Crippen LogP contribution in [-0.2, 0) is 4.79 Å². The van der Waals surface area contributed by atoms with Crippen molar-refractivity contribution in [1.82, 2.24) is 0 Å². The van der Waals surface area contributed by atoms with Crippen LogP contribution in [0, 0.1) is 5.41 Å². The Labute approximate surface area is 69.3 Å². The number of aliphatic hydroxyl groups excluding tert-OH is 2. The average molecular weight is 176 g/mol. The first kappa shape index (κ1) is 9.44. The van der Waals surface area contributed by atoms with Crippen molar-refractivity contribution >= 4 is 5.97 Å². The highest BCUT2D eigenvalue weighted by atomic mass is 16.4. The molecule has 0 amide bonds. The Kier molecular flexibility index (Phi) is 1.72. The van der Waals surface area contributed by atoms with Gasteiger partial charge < -0.3 is 20.4 Å². The summed E-state index contributed by atoms with van der Waals surface area (Å²) in [5.74, 6) is -1.53. The molecule has 0 aromatic rings. The van der Waals surface area contributed by atoms with Crippen molar-refractivity contribution < 1.29 is 25.2 Å². The third-order valence-electron chi connectivity index (χ3n) is 2.70. The molecule has 0 aliphatic heterocycles. The first-order valence-electron chi connectivity index (χ1n) is 3.57. The van der Waals surface area contributed by atoms with Crippen molar-refractivity contribution in [3.63, 3.8) is 0 Å². The molecule has 70 valence electrons. The molecule has 0 spiro atoms. The summed E-state index contributed by atoms with van der Waals surface area (Å²) in [6, 6.07) is 0. The zero-order chi connectivity index (χ0) is 9.73. The largest absolute Gasteiger partial charge is 0.479 e. The molecule has 1 fully saturated rings. The summed E-state index contributed by atoms with van der Waals surface area (Å²) in [5, 5.41) is 36.1. The molecule has 4 N–H and O–H groups in total. The first-order valence-corrected chi connectivity index (χ1v) is 3.57. The Balaban J connectivity index is 2.85. The molecule has 0 saturated heterocycles. The van der Waals surface area contributed by atoms with Gasteiger partial charge in [-0.25, -0.2) is 4.79 Å². The summed E-state index contributed by atoms with van der Waals surface area (Å²) < 4.78 is 0. The standard InChI is InChI=1S/C7H12O5/c1-6(2)5(11)7(6,12)3(8)4(9)10/h3,5,8,11-12H,1-2H3,(H,9,10)/t3-,5?,7-/m0/s1. The van der Waals surface area contributed by atoms with Crippen LogP contribution in [0.5, 0.6) is 0 Å². The molecule has 0 bridgehead atoms. The fourth-order valence-electron chi connectivity index (χ4n) is 1.44. The lowest BCUT2D eigenvalue weighted by molar-refractivity contribution is -0.158. The molecule has 1 saturated carbocycles. The highest BCUT2D eigenvalue weighted by Gasteiger charge is 2.75. The van der Waals surface area contributed by atoms with Crippen LogP contribution in [0.15, 0.2) is 0 Å². The Bertz CT molecular complexity index is 224. The van der Waals surface area contributed by atoms with Gasteiger partial charge in [0.1, 0.15) is 5.60 Å². The lowest BCUT2D eigenvalue weighted by Gasteiger charge is -2.15. The Morgan fingerprint density at radius 1 is 1.50 bits per heavy atom. The predicted molar refractivity (Wildman–Crippen MR) is 38.4 cm³/mol. The molecular formula is C7H12O5. The van der Waals surface area contributed by atoms with E-state index in [4.69, 9.17) is 15.3 Å². The molecule has 0 aromatic heterocycles. The fraction of sp³-hybridized carbons (Fsp3) is 0.857. The van der Waals surface area contributed by atoms with Gasteiger partial charge in [-0.15, -0.1) is 0 Å². The number of carboxylic acid groups (broad SMARTS) is 1. The van der Waals surface area contributed by atoms with Gasteiger partial charge in [0.15, 0.2) is 6.10 Å². The van der Waals surface area contributed by atoms with Crippen LogP contribution in [0.3, 0.4) is 0 Å². The monoisotopic (exact) mass is 176 g/mol. The van der Waals surface area contributed by atoms with E-state index in [1.54, 1.807) is 0 Å². The molecular weight excluding hydrogens is 164 g/mol. The normalized spacial score (nSPS) is 40.6. The minimum absolute atomic E-state index is 0.954. The van der Waals surface area contributed by atoms with Crippen molar-refractivity contribution in [2.45, 2.75) is 31.7 Å². The molecule has 1 unspecified atom stereocenters. The van der Waals surface area contributed by atoms with Gasteiger partial charge in [-0.05, 0) is 0 Å². The quantitative estimate of drug-likeness (QED) is 0.413. The second-order valence-electron chi connectivity index (χ2n) is 3.69. The van der Waals surface area contributed by atoms with Crippen LogP contribution >= 0.6 is 0 Å². The van der Waals surface area contributed by atoms with E-state index >= 15 is 0 Å². The second-order valence-corrected chi connectivity index (χ2v) is 3.69. The van der Waals surface area contributed by atoms with Crippen LogP contribution in [0.2, 0.25) is 0 Å². The maximum atomic E-state index is 10.3. The van der Waals surface area contributed by atoms with E-state index in [-0.39, 0.29) is 0 Å². The predicted octanol–water partition coefficient (Wildman–Crippen LogP) is -1.44. The number of aliphatic hydroxyl groups is 3. The van der Waals surface area contributed by atoms with Crippen molar-refractivity contribution in [3.8, 4) is 0 Å². The van der Waals surface area contributed by atoms with E-state index in [1.807, 2.05) is 0 Å². The summed E-state index contributed by atoms with van der Waals surface area (Å²) in [4.78, 5) is 10.3. The van der Waals surface area contributed by atoms with E-state index in [1.165, 1.54) is 13.8 Å². The van der Waals surface area contributed by atoms with E-state index in [0.717, 1.165) is 0 Å². The Morgan fingerprint density at radius 2 is 1.83 bits per heavy atom. The minimum atomic E-state index is -1.93. The third-order valence-corrected chi connectivity index (χ3v) is 2.70. The van der Waals surface area contributed by atoms with Crippen LogP contribution in [0.25, 0.3) is 0 Å². The van der Waals surface area contributed by atoms with Crippen molar-refractivity contribution in [2.75, 3.05) is 0 Å². The third kappa shape index (κ3) is 0.811. The molecule has 1 rings (SSSR count). The summed E-state index contributed by atoms with van der Waals surface area (Å²) in [7, 11) is 0. The number of aliphatic carboxylic acids is 1. The summed E-state index contributed by atoms with van der Waals surface area (Å²) in [6.07, 6.45) is -3.11. The summed E-state index contributed by atoms with van der Waals surface area (Å²) in [5.41, 5.74) is -2.86. The van der Waals surface area contributed by atoms with E-state index in [0.29, 0.717) is 0 Å². The van der Waals surface area contributed by atoms with Gasteiger partial charge in [-0.3, -0.25) is 0 Å². The van der Waals surface area contributed by atoms with E-state index in [2.05, 4.69) is 0 Å². The van der Waals surface area contributed by atoms with Crippen LogP contribution < -0.4 is 0 Å². The van der Waals surface area contributed by atoms with Crippen molar-refractivity contribution in [2.24, 2.45) is 5.41 Å². The topological polar surface area (TPSA) is 98.0 Å². The second kappa shape index (κ2) is 2.18. The average Bonchev–Trinajstić information content (AvgIpc) is 2.34. The fourth-order valence-corrected chi connectivity index (χ4v) is 1.44. The van der Waals surface area contributed by atoms with Crippen molar-refractivity contribution in [1.29, 1.82) is 0 Å². The Morgan fingerprint density at radius 3 is 1.92 bits per heavy atom. The summed E-state index contributed by atoms with van der Waals surface area (Å²) in [6.45, 7) is 2.98. The number of hydrogen-bond donors (Lipinski definition) is 4. The smallest absolute Gasteiger partial charge is 0.335 e. The molecule has 3 atom stereocenters. The van der Waals surface area contributed by atoms with Crippen LogP contribution in [-0.4, -0.2) is 44.2 Å². The molecule has 1 aliphatic rings. The molecule has 0 aromatic carbocycles. The van der Waals surface area contributed by atoms with Gasteiger partial charge in [-0.1, -0.05) is 13.8 Å². The number of rotatable bonds is 2. The van der Waals surface area contributed by atoms with Gasteiger partial charge in [-0.2, -0.15) is 0 Å². The van der Waals surface area contributed by atoms with E-state index < -0.39 is 29.2 Å². The summed E-state index contributed by atoms with van der Waals surface area (Å²) >= 11 is 0. The van der Waals surface area contributed by atoms with Gasteiger partial charge in [0.05, 0.1) is 6.10 Å². The molecule has 5 nitrogen and oxygen atoms in total. The Hall–Kier alpha value is -0.650. The maximum absolute atomic E-state index is 10.3. The van der Waals surface area contributed by atoms with Gasteiger partial charge in [0.25, 0.3) is 0 Å². The van der Waals surface area contributed by atoms with Gasteiger partial charge in [0, 0.05) is 5.41 Å². The van der Waals surface area contributed by atoms with Gasteiger partial charge in [0.2, 0.25) is 0 Å². The zero-order valence-corrected chi connectivity index (χ0v) is 6.85. The molecule has 0 heterocycles. The highest BCUT2D eigenvalue weighted by Crippen LogP contribution is 2.57. The minimum Gasteiger partial charge on any atom is -0.479 e. The molecule has 1 aliphatic carbocycles. The lowest BCUT2D eigenvalue weighted by atomic mass is 10.0. The molecule has 5 heteroatoms. The lowest BCUT2D eigenvalue weighted by Crippen LogP contribution is -2.40. The number of carboxylic acids is 1.